The van der Waals surface area contributed by atoms with Crippen molar-refractivity contribution in [1.29, 1.82) is 0 Å². The first-order valence-corrected chi connectivity index (χ1v) is 11.5. The molecule has 3 N–H and O–H groups in total. The highest BCUT2D eigenvalue weighted by Crippen LogP contribution is 2.34. The molecule has 4 aromatic rings. The second-order valence-electron chi connectivity index (χ2n) is 7.83. The number of hydrogen-bond donors (Lipinski definition) is 3. The maximum absolute atomic E-state index is 13.0. The number of fused-ring (bicyclic) bond motifs is 1. The monoisotopic (exact) mass is 464 g/mol. The number of aromatic nitrogens is 3. The summed E-state index contributed by atoms with van der Waals surface area (Å²) in [4.78, 5) is 24.1. The molecule has 1 aromatic carbocycles. The lowest BCUT2D eigenvalue weighted by Crippen LogP contribution is -2.43. The lowest BCUT2D eigenvalue weighted by molar-refractivity contribution is 0.102. The molecular weight excluding hydrogens is 440 g/mol. The van der Waals surface area contributed by atoms with E-state index in [4.69, 9.17) is 4.74 Å². The number of amides is 1. The normalized spacial score (nSPS) is 13.9. The first-order valence-electron chi connectivity index (χ1n) is 10.6. The van der Waals surface area contributed by atoms with Crippen molar-refractivity contribution in [2.75, 3.05) is 43.5 Å². The van der Waals surface area contributed by atoms with Crippen molar-refractivity contribution in [3.63, 3.8) is 0 Å². The SMILES string of the molecule is COc1ccc2cn(-c3nc(C(=O)Nc4cnc(C)cc4N4CCNCC4)cs3)c(O)c2c1. The lowest BCUT2D eigenvalue weighted by Gasteiger charge is -2.31. The number of piperazine rings is 1. The third-order valence-corrected chi connectivity index (χ3v) is 6.49. The predicted molar refractivity (Wildman–Crippen MR) is 129 cm³/mol. The van der Waals surface area contributed by atoms with E-state index in [-0.39, 0.29) is 17.5 Å². The van der Waals surface area contributed by atoms with Crippen molar-refractivity contribution in [3.8, 4) is 16.8 Å². The summed E-state index contributed by atoms with van der Waals surface area (Å²) in [5.41, 5.74) is 2.78. The van der Waals surface area contributed by atoms with Gasteiger partial charge in [0.05, 0.1) is 24.7 Å². The maximum Gasteiger partial charge on any atom is 0.275 e. The number of nitrogens with one attached hydrogen (secondary N) is 2. The Morgan fingerprint density at radius 1 is 1.27 bits per heavy atom. The lowest BCUT2D eigenvalue weighted by atomic mass is 10.2. The molecule has 1 aliphatic heterocycles. The third kappa shape index (κ3) is 4.10. The number of carbonyl (C=O) groups is 1. The minimum absolute atomic E-state index is 0.0499. The van der Waals surface area contributed by atoms with Crippen LogP contribution in [-0.2, 0) is 0 Å². The number of aryl methyl sites for hydroxylation is 1. The molecule has 170 valence electrons. The van der Waals surface area contributed by atoms with Gasteiger partial charge in [0.25, 0.3) is 5.91 Å². The van der Waals surface area contributed by atoms with Crippen LogP contribution in [0.3, 0.4) is 0 Å². The number of pyridine rings is 1. The molecule has 1 amide bonds. The highest BCUT2D eigenvalue weighted by atomic mass is 32.1. The quantitative estimate of drug-likeness (QED) is 0.417. The number of methoxy groups -OCH3 is 1. The van der Waals surface area contributed by atoms with E-state index in [0.29, 0.717) is 22.0 Å². The van der Waals surface area contributed by atoms with Gasteiger partial charge in [0.1, 0.15) is 11.4 Å². The largest absolute Gasteiger partial charge is 0.497 e. The number of nitrogens with zero attached hydrogens (tertiary/aromatic N) is 4. The Bertz CT molecular complexity index is 1330. The van der Waals surface area contributed by atoms with Gasteiger partial charge in [0, 0.05) is 54.2 Å². The fourth-order valence-corrected chi connectivity index (χ4v) is 4.70. The van der Waals surface area contributed by atoms with Crippen LogP contribution >= 0.6 is 11.3 Å². The number of aromatic hydroxyl groups is 1. The van der Waals surface area contributed by atoms with Crippen LogP contribution in [0.2, 0.25) is 0 Å². The average molecular weight is 465 g/mol. The number of anilines is 2. The van der Waals surface area contributed by atoms with Gasteiger partial charge >= 0.3 is 0 Å². The number of rotatable bonds is 5. The Hall–Kier alpha value is -3.63. The van der Waals surface area contributed by atoms with Crippen molar-refractivity contribution in [3.05, 3.63) is 53.4 Å². The number of benzene rings is 1. The summed E-state index contributed by atoms with van der Waals surface area (Å²) in [5.74, 6) is 0.382. The molecule has 0 aliphatic carbocycles. The van der Waals surface area contributed by atoms with Crippen LogP contribution in [0, 0.1) is 6.92 Å². The van der Waals surface area contributed by atoms with Crippen LogP contribution in [0.25, 0.3) is 15.9 Å². The molecule has 0 unspecified atom stereocenters. The Morgan fingerprint density at radius 3 is 2.88 bits per heavy atom. The Labute approximate surface area is 194 Å². The zero-order valence-electron chi connectivity index (χ0n) is 18.3. The summed E-state index contributed by atoms with van der Waals surface area (Å²) in [6.07, 6.45) is 3.48. The summed E-state index contributed by atoms with van der Waals surface area (Å²) in [6.45, 7) is 5.44. The van der Waals surface area contributed by atoms with E-state index in [1.54, 1.807) is 35.5 Å². The summed E-state index contributed by atoms with van der Waals surface area (Å²) >= 11 is 1.28. The second-order valence-corrected chi connectivity index (χ2v) is 8.66. The van der Waals surface area contributed by atoms with E-state index in [1.807, 2.05) is 25.1 Å². The molecule has 1 fully saturated rings. The molecule has 0 saturated carbocycles. The van der Waals surface area contributed by atoms with Gasteiger partial charge in [-0.2, -0.15) is 0 Å². The van der Waals surface area contributed by atoms with E-state index in [1.165, 1.54) is 11.3 Å². The highest BCUT2D eigenvalue weighted by Gasteiger charge is 2.20. The molecule has 0 spiro atoms. The minimum atomic E-state index is -0.322. The molecular formula is C23H24N6O3S. The van der Waals surface area contributed by atoms with Gasteiger partial charge in [0.15, 0.2) is 5.13 Å². The van der Waals surface area contributed by atoms with E-state index in [2.05, 4.69) is 25.5 Å². The second kappa shape index (κ2) is 8.72. The maximum atomic E-state index is 13.0. The van der Waals surface area contributed by atoms with Crippen LogP contribution in [0.1, 0.15) is 16.2 Å². The van der Waals surface area contributed by atoms with Crippen LogP contribution in [0.5, 0.6) is 11.6 Å². The molecule has 0 bridgehead atoms. The molecule has 9 nitrogen and oxygen atoms in total. The van der Waals surface area contributed by atoms with Crippen molar-refractivity contribution in [1.82, 2.24) is 19.9 Å². The summed E-state index contributed by atoms with van der Waals surface area (Å²) in [7, 11) is 1.58. The molecule has 0 atom stereocenters. The molecule has 10 heteroatoms. The summed E-state index contributed by atoms with van der Waals surface area (Å²) < 4.78 is 6.82. The molecule has 4 heterocycles. The summed E-state index contributed by atoms with van der Waals surface area (Å²) in [5, 5.41) is 20.7. The Kier molecular flexibility index (Phi) is 5.61. The zero-order valence-corrected chi connectivity index (χ0v) is 19.1. The predicted octanol–water partition coefficient (Wildman–Crippen LogP) is 3.17. The standard InChI is InChI=1S/C23H24N6O3S/c1-14-9-20(28-7-5-24-6-8-28)18(11-25-14)26-21(30)19-13-33-23(27-19)29-12-15-3-4-16(32-2)10-17(15)22(29)31/h3-4,9-13,24,31H,5-8H2,1-2H3,(H,26,30). The van der Waals surface area contributed by atoms with Crippen molar-refractivity contribution in [2.45, 2.75) is 6.92 Å². The van der Waals surface area contributed by atoms with Gasteiger partial charge in [-0.3, -0.25) is 14.3 Å². The molecule has 3 aromatic heterocycles. The summed E-state index contributed by atoms with van der Waals surface area (Å²) in [6, 6.07) is 7.46. The van der Waals surface area contributed by atoms with E-state index >= 15 is 0 Å². The van der Waals surface area contributed by atoms with Gasteiger partial charge < -0.3 is 25.4 Å². The van der Waals surface area contributed by atoms with Gasteiger partial charge in [-0.25, -0.2) is 4.98 Å². The van der Waals surface area contributed by atoms with Crippen LogP contribution in [-0.4, -0.2) is 58.8 Å². The Balaban J connectivity index is 1.41. The average Bonchev–Trinajstić information content (AvgIpc) is 3.45. The van der Waals surface area contributed by atoms with Gasteiger partial charge in [-0.05, 0) is 31.2 Å². The van der Waals surface area contributed by atoms with Gasteiger partial charge in [-0.15, -0.1) is 11.3 Å². The van der Waals surface area contributed by atoms with E-state index in [9.17, 15) is 9.90 Å². The van der Waals surface area contributed by atoms with Crippen molar-refractivity contribution < 1.29 is 14.6 Å². The van der Waals surface area contributed by atoms with E-state index in [0.717, 1.165) is 42.9 Å². The molecule has 1 saturated heterocycles. The first-order chi connectivity index (χ1) is 16.0. The fraction of sp³-hybridized carbons (Fsp3) is 0.261. The minimum Gasteiger partial charge on any atom is -0.497 e. The first kappa shape index (κ1) is 21.2. The van der Waals surface area contributed by atoms with Crippen molar-refractivity contribution >= 4 is 39.4 Å². The fourth-order valence-electron chi connectivity index (χ4n) is 3.92. The Morgan fingerprint density at radius 2 is 2.09 bits per heavy atom. The third-order valence-electron chi connectivity index (χ3n) is 5.65. The van der Waals surface area contributed by atoms with Crippen molar-refractivity contribution in [2.24, 2.45) is 0 Å². The topological polar surface area (TPSA) is 105 Å². The van der Waals surface area contributed by atoms with Crippen LogP contribution in [0.4, 0.5) is 11.4 Å². The smallest absolute Gasteiger partial charge is 0.275 e. The molecule has 0 radical (unpaired) electrons. The zero-order chi connectivity index (χ0) is 22.9. The van der Waals surface area contributed by atoms with Crippen LogP contribution < -0.4 is 20.3 Å². The number of carbonyl (C=O) groups excluding carboxylic acids is 1. The van der Waals surface area contributed by atoms with Crippen LogP contribution in [0.15, 0.2) is 42.0 Å². The number of thiazole rings is 1. The van der Waals surface area contributed by atoms with Gasteiger partial charge in [-0.1, -0.05) is 0 Å². The van der Waals surface area contributed by atoms with E-state index < -0.39 is 0 Å². The molecule has 1 aliphatic rings. The number of ether oxygens (including phenoxy) is 1. The van der Waals surface area contributed by atoms with Gasteiger partial charge in [0.2, 0.25) is 5.88 Å². The molecule has 5 rings (SSSR count). The molecule has 33 heavy (non-hydrogen) atoms. The number of hydrogen-bond acceptors (Lipinski definition) is 8. The highest BCUT2D eigenvalue weighted by molar-refractivity contribution is 7.12.